The standard InChI is InChI=1S/C31H40O6/c1-4-5-6-9-23-12-14-24(15-13-23)29-20-25-16-17-26(21-30(25)37-29)35-18-7-10-27(32)28(33)11-8-19-36-31(34)22(2)3/h12-17,20-21,27-28,32-33H,2,4-11,18-19H2,1,3H3. The molecule has 3 aromatic rings. The van der Waals surface area contributed by atoms with Crippen LogP contribution in [-0.2, 0) is 16.0 Å². The van der Waals surface area contributed by atoms with Crippen molar-refractivity contribution in [3.8, 4) is 17.1 Å². The minimum Gasteiger partial charge on any atom is -0.493 e. The second kappa shape index (κ2) is 14.6. The van der Waals surface area contributed by atoms with Crippen molar-refractivity contribution in [2.45, 2.75) is 77.4 Å². The summed E-state index contributed by atoms with van der Waals surface area (Å²) in [5, 5.41) is 21.3. The van der Waals surface area contributed by atoms with E-state index in [1.807, 2.05) is 24.3 Å². The first-order valence-electron chi connectivity index (χ1n) is 13.3. The average Bonchev–Trinajstić information content (AvgIpc) is 3.32. The van der Waals surface area contributed by atoms with Gasteiger partial charge in [-0.2, -0.15) is 0 Å². The maximum absolute atomic E-state index is 11.3. The smallest absolute Gasteiger partial charge is 0.333 e. The van der Waals surface area contributed by atoms with Crippen molar-refractivity contribution in [1.82, 2.24) is 0 Å². The lowest BCUT2D eigenvalue weighted by molar-refractivity contribution is -0.139. The molecule has 0 saturated heterocycles. The molecule has 1 aromatic heterocycles. The number of hydrogen-bond acceptors (Lipinski definition) is 6. The summed E-state index contributed by atoms with van der Waals surface area (Å²) >= 11 is 0. The monoisotopic (exact) mass is 508 g/mol. The number of hydrogen-bond donors (Lipinski definition) is 2. The minimum atomic E-state index is -0.869. The Labute approximate surface area is 219 Å². The molecule has 3 rings (SSSR count). The summed E-state index contributed by atoms with van der Waals surface area (Å²) in [5.41, 5.74) is 3.52. The zero-order valence-corrected chi connectivity index (χ0v) is 22.1. The normalized spacial score (nSPS) is 12.9. The first-order valence-corrected chi connectivity index (χ1v) is 13.3. The van der Waals surface area contributed by atoms with Crippen molar-refractivity contribution < 1.29 is 28.9 Å². The Kier molecular flexibility index (Phi) is 11.2. The van der Waals surface area contributed by atoms with E-state index in [1.54, 1.807) is 6.92 Å². The Morgan fingerprint density at radius 1 is 0.946 bits per heavy atom. The van der Waals surface area contributed by atoms with Crippen LogP contribution >= 0.6 is 0 Å². The first-order chi connectivity index (χ1) is 17.9. The van der Waals surface area contributed by atoms with Crippen molar-refractivity contribution >= 4 is 16.9 Å². The molecule has 1 heterocycles. The Hall–Kier alpha value is -3.09. The molecule has 0 aliphatic carbocycles. The number of unbranched alkanes of at least 4 members (excludes halogenated alkanes) is 2. The minimum absolute atomic E-state index is 0.194. The summed E-state index contributed by atoms with van der Waals surface area (Å²) in [4.78, 5) is 11.3. The number of furan rings is 1. The number of rotatable bonds is 16. The van der Waals surface area contributed by atoms with Crippen LogP contribution in [0.25, 0.3) is 22.3 Å². The highest BCUT2D eigenvalue weighted by Gasteiger charge is 2.16. The van der Waals surface area contributed by atoms with Crippen LogP contribution in [0.15, 0.2) is 65.1 Å². The number of carbonyl (C=O) groups is 1. The summed E-state index contributed by atoms with van der Waals surface area (Å²) in [5.74, 6) is 1.09. The predicted octanol–water partition coefficient (Wildman–Crippen LogP) is 6.61. The van der Waals surface area contributed by atoms with Gasteiger partial charge in [-0.15, -0.1) is 0 Å². The molecule has 6 heteroatoms. The maximum atomic E-state index is 11.3. The fraction of sp³-hybridized carbons (Fsp3) is 0.452. The van der Waals surface area contributed by atoms with E-state index in [9.17, 15) is 15.0 Å². The van der Waals surface area contributed by atoms with Gasteiger partial charge in [-0.25, -0.2) is 4.79 Å². The lowest BCUT2D eigenvalue weighted by Crippen LogP contribution is -2.26. The Bertz CT molecular complexity index is 1130. The largest absolute Gasteiger partial charge is 0.493 e. The van der Waals surface area contributed by atoms with Crippen LogP contribution < -0.4 is 4.74 Å². The fourth-order valence-electron chi connectivity index (χ4n) is 4.11. The predicted molar refractivity (Wildman–Crippen MR) is 147 cm³/mol. The summed E-state index contributed by atoms with van der Waals surface area (Å²) in [6, 6.07) is 16.4. The van der Waals surface area contributed by atoms with E-state index in [1.165, 1.54) is 24.8 Å². The van der Waals surface area contributed by atoms with E-state index in [2.05, 4.69) is 37.8 Å². The van der Waals surface area contributed by atoms with Gasteiger partial charge in [-0.1, -0.05) is 50.6 Å². The zero-order valence-electron chi connectivity index (χ0n) is 22.1. The number of benzene rings is 2. The maximum Gasteiger partial charge on any atom is 0.333 e. The zero-order chi connectivity index (χ0) is 26.6. The SMILES string of the molecule is C=C(C)C(=O)OCCCC(O)C(O)CCCOc1ccc2cc(-c3ccc(CCCCC)cc3)oc2c1. The van der Waals surface area contributed by atoms with Crippen molar-refractivity contribution in [2.75, 3.05) is 13.2 Å². The number of ether oxygens (including phenoxy) is 2. The number of aryl methyl sites for hydroxylation is 1. The van der Waals surface area contributed by atoms with E-state index in [4.69, 9.17) is 13.9 Å². The average molecular weight is 509 g/mol. The van der Waals surface area contributed by atoms with Crippen LogP contribution in [0.2, 0.25) is 0 Å². The third-order valence-corrected chi connectivity index (χ3v) is 6.38. The van der Waals surface area contributed by atoms with Crippen LogP contribution in [0, 0.1) is 0 Å². The Morgan fingerprint density at radius 3 is 2.32 bits per heavy atom. The molecule has 0 radical (unpaired) electrons. The third-order valence-electron chi connectivity index (χ3n) is 6.38. The Morgan fingerprint density at radius 2 is 1.65 bits per heavy atom. The van der Waals surface area contributed by atoms with Crippen LogP contribution in [0.3, 0.4) is 0 Å². The molecule has 0 saturated carbocycles. The molecule has 0 amide bonds. The van der Waals surface area contributed by atoms with Gasteiger partial charge in [0.25, 0.3) is 0 Å². The van der Waals surface area contributed by atoms with Crippen molar-refractivity contribution in [2.24, 2.45) is 0 Å². The Balaban J connectivity index is 1.42. The van der Waals surface area contributed by atoms with Crippen LogP contribution in [0.1, 0.15) is 64.4 Å². The number of carbonyl (C=O) groups excluding carboxylic acids is 1. The van der Waals surface area contributed by atoms with Gasteiger partial charge in [-0.05, 0) is 69.2 Å². The molecule has 2 aromatic carbocycles. The molecule has 37 heavy (non-hydrogen) atoms. The molecular formula is C31H40O6. The molecule has 0 aliphatic heterocycles. The van der Waals surface area contributed by atoms with Gasteiger partial charge in [0.05, 0.1) is 25.4 Å². The van der Waals surface area contributed by atoms with E-state index in [0.29, 0.717) is 43.6 Å². The van der Waals surface area contributed by atoms with Crippen molar-refractivity contribution in [1.29, 1.82) is 0 Å². The van der Waals surface area contributed by atoms with Gasteiger partial charge >= 0.3 is 5.97 Å². The van der Waals surface area contributed by atoms with E-state index in [-0.39, 0.29) is 6.61 Å². The molecule has 2 atom stereocenters. The quantitative estimate of drug-likeness (QED) is 0.129. The van der Waals surface area contributed by atoms with Gasteiger partial charge in [0, 0.05) is 22.6 Å². The number of fused-ring (bicyclic) bond motifs is 1. The van der Waals surface area contributed by atoms with Gasteiger partial charge in [0.2, 0.25) is 0 Å². The van der Waals surface area contributed by atoms with E-state index >= 15 is 0 Å². The molecule has 2 unspecified atom stereocenters. The van der Waals surface area contributed by atoms with E-state index in [0.717, 1.165) is 28.7 Å². The molecule has 0 bridgehead atoms. The van der Waals surface area contributed by atoms with Crippen molar-refractivity contribution in [3.63, 3.8) is 0 Å². The number of esters is 1. The highest BCUT2D eigenvalue weighted by Crippen LogP contribution is 2.30. The molecule has 6 nitrogen and oxygen atoms in total. The molecular weight excluding hydrogens is 468 g/mol. The molecule has 2 N–H and O–H groups in total. The van der Waals surface area contributed by atoms with Crippen LogP contribution in [-0.4, -0.2) is 41.6 Å². The van der Waals surface area contributed by atoms with Gasteiger partial charge in [0.15, 0.2) is 0 Å². The highest BCUT2D eigenvalue weighted by molar-refractivity contribution is 5.87. The van der Waals surface area contributed by atoms with Crippen LogP contribution in [0.4, 0.5) is 0 Å². The third kappa shape index (κ3) is 9.06. The van der Waals surface area contributed by atoms with Crippen LogP contribution in [0.5, 0.6) is 5.75 Å². The lowest BCUT2D eigenvalue weighted by Gasteiger charge is -2.17. The topological polar surface area (TPSA) is 89.1 Å². The summed E-state index contributed by atoms with van der Waals surface area (Å²) in [6.07, 6.45) is 4.92. The fourth-order valence-corrected chi connectivity index (χ4v) is 4.11. The summed E-state index contributed by atoms with van der Waals surface area (Å²) in [6.45, 7) is 7.93. The molecule has 0 spiro atoms. The lowest BCUT2D eigenvalue weighted by atomic mass is 10.0. The van der Waals surface area contributed by atoms with Crippen molar-refractivity contribution in [3.05, 3.63) is 66.2 Å². The summed E-state index contributed by atoms with van der Waals surface area (Å²) in [7, 11) is 0. The highest BCUT2D eigenvalue weighted by atomic mass is 16.5. The summed E-state index contributed by atoms with van der Waals surface area (Å²) < 4.78 is 16.9. The van der Waals surface area contributed by atoms with Gasteiger partial charge in [0.1, 0.15) is 17.1 Å². The number of aliphatic hydroxyl groups is 2. The van der Waals surface area contributed by atoms with Gasteiger partial charge < -0.3 is 24.1 Å². The molecule has 0 aliphatic rings. The molecule has 200 valence electrons. The molecule has 0 fully saturated rings. The second-order valence-electron chi connectivity index (χ2n) is 9.65. The van der Waals surface area contributed by atoms with E-state index < -0.39 is 18.2 Å². The van der Waals surface area contributed by atoms with Gasteiger partial charge in [-0.3, -0.25) is 0 Å². The second-order valence-corrected chi connectivity index (χ2v) is 9.65. The number of aliphatic hydroxyl groups excluding tert-OH is 2. The first kappa shape index (κ1) is 28.5.